The molecule has 3 heterocycles. The van der Waals surface area contributed by atoms with Crippen LogP contribution in [0.2, 0.25) is 0 Å². The van der Waals surface area contributed by atoms with E-state index < -0.39 is 29.1 Å². The van der Waals surface area contributed by atoms with Crippen molar-refractivity contribution in [3.63, 3.8) is 0 Å². The zero-order valence-corrected chi connectivity index (χ0v) is 22.3. The molecule has 1 fully saturated rings. The van der Waals surface area contributed by atoms with E-state index in [-0.39, 0.29) is 18.0 Å². The normalized spacial score (nSPS) is 13.8. The highest BCUT2D eigenvalue weighted by molar-refractivity contribution is 5.91. The maximum absolute atomic E-state index is 13.8. The van der Waals surface area contributed by atoms with E-state index >= 15 is 0 Å². The Morgan fingerprint density at radius 1 is 1.07 bits per heavy atom. The molecule has 2 aromatic heterocycles. The molecule has 8 nitrogen and oxygen atoms in total. The summed E-state index contributed by atoms with van der Waals surface area (Å²) in [5.74, 6) is -0.892. The summed E-state index contributed by atoms with van der Waals surface area (Å²) in [4.78, 5) is 20.1. The van der Waals surface area contributed by atoms with Crippen LogP contribution < -0.4 is 9.80 Å². The van der Waals surface area contributed by atoms with Crippen molar-refractivity contribution < 1.29 is 27.1 Å². The molecule has 0 N–H and O–H groups in total. The molecule has 0 unspecified atom stereocenters. The molecule has 0 saturated carbocycles. The minimum atomic E-state index is -4.75. The number of carbonyl (C=O) groups is 1. The van der Waals surface area contributed by atoms with Crippen LogP contribution in [0.1, 0.15) is 52.4 Å². The van der Waals surface area contributed by atoms with Crippen LogP contribution >= 0.6 is 0 Å². The zero-order chi connectivity index (χ0) is 29.0. The first kappa shape index (κ1) is 28.7. The number of piperazine rings is 1. The van der Waals surface area contributed by atoms with Crippen molar-refractivity contribution in [2.75, 3.05) is 42.6 Å². The lowest BCUT2D eigenvalue weighted by molar-refractivity contribution is -0.138. The third-order valence-electron chi connectivity index (χ3n) is 6.91. The smallest absolute Gasteiger partial charge is 0.417 e. The summed E-state index contributed by atoms with van der Waals surface area (Å²) in [6, 6.07) is 6.92. The van der Waals surface area contributed by atoms with Crippen molar-refractivity contribution >= 4 is 17.6 Å². The Kier molecular flexibility index (Phi) is 8.52. The highest BCUT2D eigenvalue weighted by Crippen LogP contribution is 2.35. The fraction of sp³-hybridized carbons (Fsp3) is 0.393. The number of carbonyl (C=O) groups excluding carboxylic acids is 1. The van der Waals surface area contributed by atoms with Crippen molar-refractivity contribution in [3.05, 3.63) is 64.1 Å². The summed E-state index contributed by atoms with van der Waals surface area (Å²) in [6.07, 6.45) is -2.51. The van der Waals surface area contributed by atoms with Gasteiger partial charge in [-0.1, -0.05) is 13.3 Å². The standard InChI is InChI=1S/C28H28F4N6O2/c1-4-5-12-40-27(39)21-16-34-24(14-22(21)28(30,31)32)37-8-10-38(11-9-37)26-18(3)17(2)25(35-36-26)19-6-7-23(29)20(13-19)15-33/h6-7,13-14,16H,4-5,8-12H2,1-3H3. The first-order chi connectivity index (χ1) is 19.0. The second-order valence-electron chi connectivity index (χ2n) is 9.48. The molecule has 12 heteroatoms. The van der Waals surface area contributed by atoms with Crippen molar-refractivity contribution in [2.24, 2.45) is 0 Å². The molecule has 210 valence electrons. The van der Waals surface area contributed by atoms with E-state index in [9.17, 15) is 22.4 Å². The first-order valence-corrected chi connectivity index (χ1v) is 12.8. The zero-order valence-electron chi connectivity index (χ0n) is 22.3. The van der Waals surface area contributed by atoms with Crippen LogP contribution in [0.3, 0.4) is 0 Å². The largest absolute Gasteiger partial charge is 0.462 e. The van der Waals surface area contributed by atoms with Gasteiger partial charge in [-0.05, 0) is 55.7 Å². The van der Waals surface area contributed by atoms with Gasteiger partial charge in [0.1, 0.15) is 17.7 Å². The van der Waals surface area contributed by atoms with Crippen LogP contribution in [0.15, 0.2) is 30.5 Å². The van der Waals surface area contributed by atoms with Crippen LogP contribution in [0, 0.1) is 31.0 Å². The monoisotopic (exact) mass is 556 g/mol. The summed E-state index contributed by atoms with van der Waals surface area (Å²) >= 11 is 0. The minimum Gasteiger partial charge on any atom is -0.462 e. The van der Waals surface area contributed by atoms with Crippen molar-refractivity contribution in [3.8, 4) is 17.3 Å². The topological polar surface area (TPSA) is 95.2 Å². The molecule has 0 aliphatic carbocycles. The molecule has 0 bridgehead atoms. The van der Waals surface area contributed by atoms with Crippen LogP contribution in [0.4, 0.5) is 29.2 Å². The van der Waals surface area contributed by atoms with Crippen LogP contribution in [-0.4, -0.2) is 53.9 Å². The Morgan fingerprint density at radius 3 is 2.42 bits per heavy atom. The highest BCUT2D eigenvalue weighted by Gasteiger charge is 2.37. The summed E-state index contributed by atoms with van der Waals surface area (Å²) in [6.45, 7) is 7.33. The van der Waals surface area contributed by atoms with Gasteiger partial charge in [0.25, 0.3) is 0 Å². The number of hydrogen-bond donors (Lipinski definition) is 0. The molecule has 0 amide bonds. The number of hydrogen-bond acceptors (Lipinski definition) is 8. The average Bonchev–Trinajstić information content (AvgIpc) is 2.94. The quantitative estimate of drug-likeness (QED) is 0.215. The number of anilines is 2. The lowest BCUT2D eigenvalue weighted by atomic mass is 10.0. The molecular weight excluding hydrogens is 528 g/mol. The molecule has 1 aliphatic heterocycles. The van der Waals surface area contributed by atoms with Gasteiger partial charge >= 0.3 is 12.1 Å². The molecule has 1 saturated heterocycles. The molecule has 1 aliphatic rings. The summed E-state index contributed by atoms with van der Waals surface area (Å²) in [5.41, 5.74) is 1.02. The third kappa shape index (κ3) is 5.98. The SMILES string of the molecule is CCCCOC(=O)c1cnc(N2CCN(c3nnc(-c4ccc(F)c(C#N)c4)c(C)c3C)CC2)cc1C(F)(F)F. The number of rotatable bonds is 7. The predicted octanol–water partition coefficient (Wildman–Crippen LogP) is 5.47. The Hall–Kier alpha value is -4.27. The van der Waals surface area contributed by atoms with Crippen molar-refractivity contribution in [1.29, 1.82) is 5.26 Å². The van der Waals surface area contributed by atoms with E-state index in [0.717, 1.165) is 29.8 Å². The Balaban J connectivity index is 1.51. The van der Waals surface area contributed by atoms with Crippen LogP contribution in [0.5, 0.6) is 0 Å². The second kappa shape index (κ2) is 11.9. The third-order valence-corrected chi connectivity index (χ3v) is 6.91. The molecule has 4 rings (SSSR count). The number of nitriles is 1. The lowest BCUT2D eigenvalue weighted by Gasteiger charge is -2.37. The number of esters is 1. The van der Waals surface area contributed by atoms with Gasteiger partial charge < -0.3 is 14.5 Å². The van der Waals surface area contributed by atoms with E-state index in [2.05, 4.69) is 15.2 Å². The molecule has 0 radical (unpaired) electrons. The number of benzene rings is 1. The van der Waals surface area contributed by atoms with Crippen LogP contribution in [-0.2, 0) is 10.9 Å². The van der Waals surface area contributed by atoms with Gasteiger partial charge in [-0.3, -0.25) is 0 Å². The lowest BCUT2D eigenvalue weighted by Crippen LogP contribution is -2.47. The highest BCUT2D eigenvalue weighted by atomic mass is 19.4. The molecule has 1 aromatic carbocycles. The fourth-order valence-corrected chi connectivity index (χ4v) is 4.47. The Morgan fingerprint density at radius 2 is 1.77 bits per heavy atom. The van der Waals surface area contributed by atoms with E-state index in [1.165, 1.54) is 12.1 Å². The molecule has 40 heavy (non-hydrogen) atoms. The van der Waals surface area contributed by atoms with Crippen LogP contribution in [0.25, 0.3) is 11.3 Å². The van der Waals surface area contributed by atoms with E-state index in [4.69, 9.17) is 10.00 Å². The number of pyridine rings is 1. The summed E-state index contributed by atoms with van der Waals surface area (Å²) < 4.78 is 60.2. The second-order valence-corrected chi connectivity index (χ2v) is 9.48. The van der Waals surface area contributed by atoms with E-state index in [1.807, 2.05) is 31.7 Å². The number of alkyl halides is 3. The van der Waals surface area contributed by atoms with Gasteiger partial charge in [0, 0.05) is 37.9 Å². The van der Waals surface area contributed by atoms with E-state index in [0.29, 0.717) is 49.7 Å². The van der Waals surface area contributed by atoms with Gasteiger partial charge in [-0.15, -0.1) is 10.2 Å². The number of ether oxygens (including phenoxy) is 1. The molecule has 0 atom stereocenters. The maximum Gasteiger partial charge on any atom is 0.417 e. The van der Waals surface area contributed by atoms with Gasteiger partial charge in [-0.2, -0.15) is 18.4 Å². The van der Waals surface area contributed by atoms with Gasteiger partial charge in [0.05, 0.1) is 29.0 Å². The Labute approximate surface area is 229 Å². The number of unbranched alkanes of at least 4 members (excludes halogenated alkanes) is 1. The van der Waals surface area contributed by atoms with Gasteiger partial charge in [-0.25, -0.2) is 14.2 Å². The Bertz CT molecular complexity index is 1450. The minimum absolute atomic E-state index is 0.0455. The fourth-order valence-electron chi connectivity index (χ4n) is 4.47. The number of halogens is 4. The number of aromatic nitrogens is 3. The van der Waals surface area contributed by atoms with Crippen molar-refractivity contribution in [2.45, 2.75) is 39.8 Å². The molecule has 3 aromatic rings. The first-order valence-electron chi connectivity index (χ1n) is 12.8. The summed E-state index contributed by atoms with van der Waals surface area (Å²) in [5, 5.41) is 17.9. The van der Waals surface area contributed by atoms with Gasteiger partial charge in [0.2, 0.25) is 0 Å². The number of nitrogens with zero attached hydrogens (tertiary/aromatic N) is 6. The summed E-state index contributed by atoms with van der Waals surface area (Å²) in [7, 11) is 0. The molecule has 0 spiro atoms. The van der Waals surface area contributed by atoms with Gasteiger partial charge in [0.15, 0.2) is 5.82 Å². The van der Waals surface area contributed by atoms with E-state index in [1.54, 1.807) is 11.0 Å². The average molecular weight is 557 g/mol. The maximum atomic E-state index is 13.8. The predicted molar refractivity (Wildman–Crippen MR) is 140 cm³/mol. The van der Waals surface area contributed by atoms with Crippen molar-refractivity contribution in [1.82, 2.24) is 15.2 Å². The molecular formula is C28H28F4N6O2.